The van der Waals surface area contributed by atoms with Crippen LogP contribution in [0.15, 0.2) is 24.3 Å². The maximum absolute atomic E-state index is 12.9. The molecule has 2 atom stereocenters. The number of piperidine rings is 1. The normalized spacial score (nSPS) is 25.4. The van der Waals surface area contributed by atoms with Crippen LogP contribution in [0.1, 0.15) is 81.0 Å². The summed E-state index contributed by atoms with van der Waals surface area (Å²) in [5.74, 6) is 2.50. The Bertz CT molecular complexity index is 678. The van der Waals surface area contributed by atoms with Crippen LogP contribution < -0.4 is 5.32 Å². The van der Waals surface area contributed by atoms with Gasteiger partial charge < -0.3 is 10.2 Å². The van der Waals surface area contributed by atoms with Crippen molar-refractivity contribution in [1.29, 1.82) is 0 Å². The summed E-state index contributed by atoms with van der Waals surface area (Å²) in [6.07, 6.45) is 13.3. The minimum absolute atomic E-state index is 0.0883. The lowest BCUT2D eigenvalue weighted by molar-refractivity contribution is -0.116. The summed E-state index contributed by atoms with van der Waals surface area (Å²) < 4.78 is 0. The molecule has 0 unspecified atom stereocenters. The molecule has 0 bridgehead atoms. The van der Waals surface area contributed by atoms with E-state index in [9.17, 15) is 9.59 Å². The Balaban J connectivity index is 1.27. The van der Waals surface area contributed by atoms with Gasteiger partial charge in [0.05, 0.1) is 0 Å². The van der Waals surface area contributed by atoms with Gasteiger partial charge in [-0.1, -0.05) is 44.9 Å². The number of hydrogen-bond acceptors (Lipinski definition) is 2. The largest absolute Gasteiger partial charge is 0.338 e. The van der Waals surface area contributed by atoms with Gasteiger partial charge in [0.15, 0.2) is 0 Å². The Labute approximate surface area is 169 Å². The van der Waals surface area contributed by atoms with Crippen molar-refractivity contribution in [2.24, 2.45) is 17.8 Å². The predicted octanol–water partition coefficient (Wildman–Crippen LogP) is 5.25. The van der Waals surface area contributed by atoms with Gasteiger partial charge in [-0.3, -0.25) is 9.59 Å². The maximum Gasteiger partial charge on any atom is 0.253 e. The first kappa shape index (κ1) is 19.5. The summed E-state index contributed by atoms with van der Waals surface area (Å²) in [4.78, 5) is 27.1. The van der Waals surface area contributed by atoms with Crippen molar-refractivity contribution in [3.05, 3.63) is 29.8 Å². The molecule has 2 amide bonds. The van der Waals surface area contributed by atoms with Crippen LogP contribution in [-0.2, 0) is 4.79 Å². The van der Waals surface area contributed by atoms with E-state index < -0.39 is 0 Å². The SMILES string of the molecule is O=C(CCC1CCCC1)Nc1ccc(C(=O)N2CC[C@H]3CCCC[C@H]3C2)cc1. The highest BCUT2D eigenvalue weighted by atomic mass is 16.2. The third-order valence-corrected chi connectivity index (χ3v) is 7.25. The Kier molecular flexibility index (Phi) is 6.33. The molecule has 3 aliphatic rings. The molecule has 152 valence electrons. The van der Waals surface area contributed by atoms with Crippen molar-refractivity contribution in [1.82, 2.24) is 4.90 Å². The molecule has 1 N–H and O–H groups in total. The highest BCUT2D eigenvalue weighted by Gasteiger charge is 2.33. The highest BCUT2D eigenvalue weighted by molar-refractivity contribution is 5.95. The fourth-order valence-electron chi connectivity index (χ4n) is 5.52. The maximum atomic E-state index is 12.9. The molecule has 1 heterocycles. The molecule has 4 heteroatoms. The van der Waals surface area contributed by atoms with Crippen LogP contribution >= 0.6 is 0 Å². The molecule has 1 aromatic carbocycles. The zero-order valence-corrected chi connectivity index (χ0v) is 17.0. The predicted molar refractivity (Wildman–Crippen MR) is 112 cm³/mol. The second-order valence-electron chi connectivity index (χ2n) is 9.16. The number of nitrogens with zero attached hydrogens (tertiary/aromatic N) is 1. The van der Waals surface area contributed by atoms with E-state index in [2.05, 4.69) is 5.32 Å². The first-order valence-electron chi connectivity index (χ1n) is 11.4. The van der Waals surface area contributed by atoms with Crippen molar-refractivity contribution >= 4 is 17.5 Å². The van der Waals surface area contributed by atoms with Gasteiger partial charge in [0.25, 0.3) is 5.91 Å². The number of nitrogens with one attached hydrogen (secondary N) is 1. The van der Waals surface area contributed by atoms with Gasteiger partial charge in [-0.05, 0) is 61.3 Å². The summed E-state index contributed by atoms with van der Waals surface area (Å²) in [5, 5.41) is 2.98. The summed E-state index contributed by atoms with van der Waals surface area (Å²) >= 11 is 0. The second kappa shape index (κ2) is 9.11. The van der Waals surface area contributed by atoms with Crippen LogP contribution in [0.5, 0.6) is 0 Å². The van der Waals surface area contributed by atoms with E-state index in [-0.39, 0.29) is 11.8 Å². The lowest BCUT2D eigenvalue weighted by Crippen LogP contribution is -2.44. The number of hydrogen-bond donors (Lipinski definition) is 1. The smallest absolute Gasteiger partial charge is 0.253 e. The van der Waals surface area contributed by atoms with Crippen LogP contribution in [0.25, 0.3) is 0 Å². The number of carbonyl (C=O) groups excluding carboxylic acids is 2. The van der Waals surface area contributed by atoms with Crippen LogP contribution in [0.3, 0.4) is 0 Å². The van der Waals surface area contributed by atoms with Crippen molar-refractivity contribution in [2.45, 2.75) is 70.6 Å². The molecule has 1 aromatic rings. The first-order chi connectivity index (χ1) is 13.7. The summed E-state index contributed by atoms with van der Waals surface area (Å²) in [7, 11) is 0. The van der Waals surface area contributed by atoms with Gasteiger partial charge in [-0.2, -0.15) is 0 Å². The standard InChI is InChI=1S/C24H34N2O2/c27-23(14-9-18-5-1-2-6-18)25-22-12-10-20(11-13-22)24(28)26-16-15-19-7-3-4-8-21(19)17-26/h10-13,18-19,21H,1-9,14-17H2,(H,25,27)/t19-,21+/m1/s1. The number of carbonyl (C=O) groups is 2. The fraction of sp³-hybridized carbons (Fsp3) is 0.667. The summed E-state index contributed by atoms with van der Waals surface area (Å²) in [6, 6.07) is 7.46. The summed E-state index contributed by atoms with van der Waals surface area (Å²) in [5.41, 5.74) is 1.53. The Morgan fingerprint density at radius 2 is 1.57 bits per heavy atom. The molecule has 2 aliphatic carbocycles. The average Bonchev–Trinajstić information content (AvgIpc) is 3.26. The third kappa shape index (κ3) is 4.76. The highest BCUT2D eigenvalue weighted by Crippen LogP contribution is 2.36. The van der Waals surface area contributed by atoms with E-state index in [1.807, 2.05) is 29.2 Å². The van der Waals surface area contributed by atoms with E-state index in [1.54, 1.807) is 0 Å². The molecule has 0 aromatic heterocycles. The van der Waals surface area contributed by atoms with Gasteiger partial charge >= 0.3 is 0 Å². The van der Waals surface area contributed by atoms with Gasteiger partial charge in [-0.25, -0.2) is 0 Å². The topological polar surface area (TPSA) is 49.4 Å². The van der Waals surface area contributed by atoms with E-state index in [0.29, 0.717) is 12.3 Å². The summed E-state index contributed by atoms with van der Waals surface area (Å²) in [6.45, 7) is 1.81. The van der Waals surface area contributed by atoms with E-state index >= 15 is 0 Å². The Morgan fingerprint density at radius 1 is 0.893 bits per heavy atom. The van der Waals surface area contributed by atoms with Crippen molar-refractivity contribution in [3.63, 3.8) is 0 Å². The molecule has 3 fully saturated rings. The molecular formula is C24H34N2O2. The minimum Gasteiger partial charge on any atom is -0.338 e. The van der Waals surface area contributed by atoms with Gasteiger partial charge in [0, 0.05) is 30.8 Å². The average molecular weight is 383 g/mol. The number of benzene rings is 1. The molecule has 4 rings (SSSR count). The lowest BCUT2D eigenvalue weighted by atomic mass is 9.75. The van der Waals surface area contributed by atoms with Crippen molar-refractivity contribution in [3.8, 4) is 0 Å². The minimum atomic E-state index is 0.0883. The van der Waals surface area contributed by atoms with Gasteiger partial charge in [-0.15, -0.1) is 0 Å². The monoisotopic (exact) mass is 382 g/mol. The van der Waals surface area contributed by atoms with Crippen LogP contribution in [0.2, 0.25) is 0 Å². The van der Waals surface area contributed by atoms with Crippen LogP contribution in [0, 0.1) is 17.8 Å². The number of rotatable bonds is 5. The zero-order chi connectivity index (χ0) is 19.3. The molecule has 0 spiro atoms. The number of anilines is 1. The fourth-order valence-corrected chi connectivity index (χ4v) is 5.52. The van der Waals surface area contributed by atoms with E-state index in [4.69, 9.17) is 0 Å². The third-order valence-electron chi connectivity index (χ3n) is 7.25. The molecular weight excluding hydrogens is 348 g/mol. The Hall–Kier alpha value is -1.84. The molecule has 28 heavy (non-hydrogen) atoms. The molecule has 0 radical (unpaired) electrons. The number of amides is 2. The van der Waals surface area contributed by atoms with Crippen molar-refractivity contribution in [2.75, 3.05) is 18.4 Å². The van der Waals surface area contributed by atoms with Gasteiger partial charge in [0.1, 0.15) is 0 Å². The van der Waals surface area contributed by atoms with E-state index in [1.165, 1.54) is 51.4 Å². The number of fused-ring (bicyclic) bond motifs is 1. The van der Waals surface area contributed by atoms with Crippen molar-refractivity contribution < 1.29 is 9.59 Å². The lowest BCUT2D eigenvalue weighted by Gasteiger charge is -2.41. The second-order valence-corrected chi connectivity index (χ2v) is 9.16. The first-order valence-corrected chi connectivity index (χ1v) is 11.4. The van der Waals surface area contributed by atoms with E-state index in [0.717, 1.165) is 49.0 Å². The molecule has 4 nitrogen and oxygen atoms in total. The zero-order valence-electron chi connectivity index (χ0n) is 17.0. The van der Waals surface area contributed by atoms with Gasteiger partial charge in [0.2, 0.25) is 5.91 Å². The molecule has 1 aliphatic heterocycles. The quantitative estimate of drug-likeness (QED) is 0.756. The molecule has 1 saturated heterocycles. The van der Waals surface area contributed by atoms with Crippen LogP contribution in [0.4, 0.5) is 5.69 Å². The Morgan fingerprint density at radius 3 is 2.32 bits per heavy atom. The number of likely N-dealkylation sites (tertiary alicyclic amines) is 1. The van der Waals surface area contributed by atoms with Crippen LogP contribution in [-0.4, -0.2) is 29.8 Å². The molecule has 2 saturated carbocycles.